The molecule has 0 aliphatic rings. The number of thioether (sulfide) groups is 1. The van der Waals surface area contributed by atoms with E-state index in [-0.39, 0.29) is 17.1 Å². The van der Waals surface area contributed by atoms with E-state index in [1.165, 1.54) is 11.1 Å². The van der Waals surface area contributed by atoms with Crippen molar-refractivity contribution in [1.82, 2.24) is 5.43 Å². The number of rotatable bonds is 5. The number of carbonyl (C=O) groups excluding carboxylic acids is 1. The molecule has 0 bridgehead atoms. The molecule has 0 aliphatic heterocycles. The molecule has 1 aromatic carbocycles. The van der Waals surface area contributed by atoms with Gasteiger partial charge in [-0.05, 0) is 18.4 Å². The molecule has 0 heterocycles. The number of carbonyl (C=O) groups is 1. The average molecular weight is 252 g/mol. The molecule has 0 spiro atoms. The van der Waals surface area contributed by atoms with E-state index >= 15 is 0 Å². The molecule has 3 N–H and O–H groups in total. The number of benzene rings is 1. The number of hydrogen-bond acceptors (Lipinski definition) is 3. The molecule has 17 heavy (non-hydrogen) atoms. The van der Waals surface area contributed by atoms with Crippen LogP contribution in [0.4, 0.5) is 0 Å². The highest BCUT2D eigenvalue weighted by molar-refractivity contribution is 7.99. The van der Waals surface area contributed by atoms with Gasteiger partial charge in [0.25, 0.3) is 0 Å². The first kappa shape index (κ1) is 14.1. The predicted molar refractivity (Wildman–Crippen MR) is 73.4 cm³/mol. The Morgan fingerprint density at radius 3 is 2.71 bits per heavy atom. The Labute approximate surface area is 107 Å². The van der Waals surface area contributed by atoms with E-state index in [0.29, 0.717) is 0 Å². The topological polar surface area (TPSA) is 55.1 Å². The highest BCUT2D eigenvalue weighted by Crippen LogP contribution is 2.24. The van der Waals surface area contributed by atoms with Crippen LogP contribution < -0.4 is 11.3 Å². The minimum Gasteiger partial charge on any atom is -0.293 e. The molecule has 4 heteroatoms. The van der Waals surface area contributed by atoms with Crippen LogP contribution in [0.3, 0.4) is 0 Å². The lowest BCUT2D eigenvalue weighted by Crippen LogP contribution is -2.40. The maximum Gasteiger partial charge on any atom is 0.247 e. The molecule has 0 aliphatic carbocycles. The fourth-order valence-corrected chi connectivity index (χ4v) is 2.80. The van der Waals surface area contributed by atoms with Gasteiger partial charge in [0.05, 0.1) is 5.25 Å². The first-order valence-electron chi connectivity index (χ1n) is 5.72. The Balaban J connectivity index is 2.61. The Kier molecular flexibility index (Phi) is 5.51. The van der Waals surface area contributed by atoms with Gasteiger partial charge in [-0.3, -0.25) is 10.2 Å². The SMILES string of the molecule is Cc1cccc(CSC(C(=O)NN)C(C)C)c1. The van der Waals surface area contributed by atoms with E-state index < -0.39 is 0 Å². The summed E-state index contributed by atoms with van der Waals surface area (Å²) in [6, 6.07) is 8.34. The standard InChI is InChI=1S/C13H20N2OS/c1-9(2)12(13(16)15-14)17-8-11-6-4-5-10(3)7-11/h4-7,9,12H,8,14H2,1-3H3,(H,15,16). The molecule has 1 unspecified atom stereocenters. The molecule has 1 rings (SSSR count). The minimum atomic E-state index is -0.0994. The summed E-state index contributed by atoms with van der Waals surface area (Å²) >= 11 is 1.63. The van der Waals surface area contributed by atoms with Gasteiger partial charge in [0.1, 0.15) is 0 Å². The van der Waals surface area contributed by atoms with Gasteiger partial charge in [0.15, 0.2) is 0 Å². The number of amides is 1. The van der Waals surface area contributed by atoms with Gasteiger partial charge in [-0.1, -0.05) is 43.7 Å². The van der Waals surface area contributed by atoms with Crippen LogP contribution in [0.1, 0.15) is 25.0 Å². The van der Waals surface area contributed by atoms with E-state index in [9.17, 15) is 4.79 Å². The van der Waals surface area contributed by atoms with Crippen molar-refractivity contribution in [2.45, 2.75) is 31.8 Å². The zero-order valence-electron chi connectivity index (χ0n) is 10.6. The third kappa shape index (κ3) is 4.40. The van der Waals surface area contributed by atoms with Crippen LogP contribution >= 0.6 is 11.8 Å². The summed E-state index contributed by atoms with van der Waals surface area (Å²) < 4.78 is 0. The Bertz CT molecular complexity index is 379. The Morgan fingerprint density at radius 2 is 2.18 bits per heavy atom. The van der Waals surface area contributed by atoms with Gasteiger partial charge >= 0.3 is 0 Å². The summed E-state index contributed by atoms with van der Waals surface area (Å²) in [5.41, 5.74) is 4.72. The minimum absolute atomic E-state index is 0.0967. The van der Waals surface area contributed by atoms with Crippen LogP contribution in [0, 0.1) is 12.8 Å². The molecule has 1 atom stereocenters. The van der Waals surface area contributed by atoms with Crippen LogP contribution in [-0.2, 0) is 10.5 Å². The smallest absolute Gasteiger partial charge is 0.247 e. The molecule has 0 saturated carbocycles. The van der Waals surface area contributed by atoms with Crippen molar-refractivity contribution in [3.05, 3.63) is 35.4 Å². The van der Waals surface area contributed by atoms with Crippen molar-refractivity contribution < 1.29 is 4.79 Å². The molecule has 94 valence electrons. The van der Waals surface area contributed by atoms with E-state index in [2.05, 4.69) is 30.5 Å². The second-order valence-corrected chi connectivity index (χ2v) is 5.60. The number of hydrogen-bond donors (Lipinski definition) is 2. The second-order valence-electron chi connectivity index (χ2n) is 4.47. The molecule has 0 saturated heterocycles. The normalized spacial score (nSPS) is 12.5. The lowest BCUT2D eigenvalue weighted by molar-refractivity contribution is -0.121. The largest absolute Gasteiger partial charge is 0.293 e. The number of aryl methyl sites for hydroxylation is 1. The van der Waals surface area contributed by atoms with Crippen LogP contribution in [0.2, 0.25) is 0 Å². The molecule has 1 aromatic rings. The summed E-state index contributed by atoms with van der Waals surface area (Å²) in [6.07, 6.45) is 0. The third-order valence-electron chi connectivity index (χ3n) is 2.52. The molecular weight excluding hydrogens is 232 g/mol. The zero-order valence-corrected chi connectivity index (χ0v) is 11.4. The summed E-state index contributed by atoms with van der Waals surface area (Å²) in [7, 11) is 0. The summed E-state index contributed by atoms with van der Waals surface area (Å²) in [6.45, 7) is 6.13. The highest BCUT2D eigenvalue weighted by atomic mass is 32.2. The molecule has 1 amide bonds. The maximum absolute atomic E-state index is 11.6. The average Bonchev–Trinajstić information content (AvgIpc) is 2.28. The predicted octanol–water partition coefficient (Wildman–Crippen LogP) is 2.24. The van der Waals surface area contributed by atoms with Crippen molar-refractivity contribution in [1.29, 1.82) is 0 Å². The Morgan fingerprint density at radius 1 is 1.47 bits per heavy atom. The second kappa shape index (κ2) is 6.67. The van der Waals surface area contributed by atoms with Gasteiger partial charge in [0, 0.05) is 5.75 Å². The van der Waals surface area contributed by atoms with E-state index in [4.69, 9.17) is 5.84 Å². The fraction of sp³-hybridized carbons (Fsp3) is 0.462. The van der Waals surface area contributed by atoms with E-state index in [1.54, 1.807) is 11.8 Å². The lowest BCUT2D eigenvalue weighted by Gasteiger charge is -2.18. The van der Waals surface area contributed by atoms with Crippen molar-refractivity contribution in [2.75, 3.05) is 0 Å². The van der Waals surface area contributed by atoms with Crippen LogP contribution in [0.25, 0.3) is 0 Å². The summed E-state index contributed by atoms with van der Waals surface area (Å²) in [5.74, 6) is 6.19. The van der Waals surface area contributed by atoms with Gasteiger partial charge < -0.3 is 0 Å². The Hall–Kier alpha value is -1.00. The maximum atomic E-state index is 11.6. The quantitative estimate of drug-likeness (QED) is 0.480. The van der Waals surface area contributed by atoms with Crippen molar-refractivity contribution in [2.24, 2.45) is 11.8 Å². The van der Waals surface area contributed by atoms with Gasteiger partial charge in [-0.2, -0.15) is 0 Å². The van der Waals surface area contributed by atoms with Crippen molar-refractivity contribution >= 4 is 17.7 Å². The fourth-order valence-electron chi connectivity index (χ4n) is 1.64. The van der Waals surface area contributed by atoms with Crippen LogP contribution in [0.5, 0.6) is 0 Å². The van der Waals surface area contributed by atoms with Gasteiger partial charge in [-0.25, -0.2) is 5.84 Å². The molecule has 3 nitrogen and oxygen atoms in total. The highest BCUT2D eigenvalue weighted by Gasteiger charge is 2.21. The van der Waals surface area contributed by atoms with E-state index in [0.717, 1.165) is 5.75 Å². The summed E-state index contributed by atoms with van der Waals surface area (Å²) in [5, 5.41) is -0.0967. The van der Waals surface area contributed by atoms with Crippen molar-refractivity contribution in [3.8, 4) is 0 Å². The van der Waals surface area contributed by atoms with Crippen LogP contribution in [0.15, 0.2) is 24.3 Å². The molecule has 0 fully saturated rings. The molecule has 0 aromatic heterocycles. The molecular formula is C13H20N2OS. The van der Waals surface area contributed by atoms with Crippen molar-refractivity contribution in [3.63, 3.8) is 0 Å². The monoisotopic (exact) mass is 252 g/mol. The lowest BCUT2D eigenvalue weighted by atomic mass is 10.1. The molecule has 0 radical (unpaired) electrons. The van der Waals surface area contributed by atoms with Crippen LogP contribution in [-0.4, -0.2) is 11.2 Å². The van der Waals surface area contributed by atoms with Gasteiger partial charge in [0.2, 0.25) is 5.91 Å². The summed E-state index contributed by atoms with van der Waals surface area (Å²) in [4.78, 5) is 11.6. The van der Waals surface area contributed by atoms with E-state index in [1.807, 2.05) is 19.9 Å². The number of hydrazine groups is 1. The first-order chi connectivity index (χ1) is 8.04. The van der Waals surface area contributed by atoms with Gasteiger partial charge in [-0.15, -0.1) is 11.8 Å². The first-order valence-corrected chi connectivity index (χ1v) is 6.77. The number of nitrogens with two attached hydrogens (primary N) is 1. The third-order valence-corrected chi connectivity index (χ3v) is 4.14. The number of nitrogens with one attached hydrogen (secondary N) is 1. The zero-order chi connectivity index (χ0) is 12.8.